The molecule has 0 bridgehead atoms. The molecule has 0 radical (unpaired) electrons. The fraction of sp³-hybridized carbons (Fsp3) is 0.200. The molecule has 0 aliphatic rings. The summed E-state index contributed by atoms with van der Waals surface area (Å²) in [6.07, 6.45) is 0.563. The van der Waals surface area contributed by atoms with Crippen LogP contribution in [0.1, 0.15) is 37.3 Å². The van der Waals surface area contributed by atoms with Crippen LogP contribution >= 0.6 is 11.6 Å². The summed E-state index contributed by atoms with van der Waals surface area (Å²) in [6, 6.07) is 16.2. The van der Waals surface area contributed by atoms with Crippen molar-refractivity contribution in [1.29, 1.82) is 0 Å². The molecule has 3 N–H and O–H groups in total. The van der Waals surface area contributed by atoms with Crippen molar-refractivity contribution in [2.24, 2.45) is 0 Å². The number of para-hydroxylation sites is 1. The number of hydrogen-bond donors (Lipinski definition) is 3. The van der Waals surface area contributed by atoms with Crippen molar-refractivity contribution < 1.29 is 31.5 Å². The molecule has 2 aromatic heterocycles. The number of hydrogen-bond acceptors (Lipinski definition) is 6. The third-order valence-corrected chi connectivity index (χ3v) is 6.93. The highest BCUT2D eigenvalue weighted by Gasteiger charge is 2.31. The maximum atomic E-state index is 12.7. The van der Waals surface area contributed by atoms with E-state index in [0.29, 0.717) is 22.2 Å². The van der Waals surface area contributed by atoms with Crippen LogP contribution in [0.15, 0.2) is 71.3 Å². The molecule has 2 aromatic carbocycles. The summed E-state index contributed by atoms with van der Waals surface area (Å²) in [5, 5.41) is 2.10. The Morgan fingerprint density at radius 2 is 1.84 bits per heavy atom. The molecule has 10 nitrogen and oxygen atoms in total. The Bertz CT molecular complexity index is 1500. The first-order valence-corrected chi connectivity index (χ1v) is 13.8. The standard InChI is InChI=1S/C25H24ClN3O7S2/c1-25(2,3)36-24(30)28-18-9-6-8-16(11-18)23(37(31)32)22-19(13-17(26)14-27-22)29(38(33)34)21-12-15-7-4-5-10-20(15)35-21/h4-14,23H,1-3H3,(H,28,30)(H,31,32)(H,33,34). The van der Waals surface area contributed by atoms with E-state index in [1.165, 1.54) is 18.3 Å². The zero-order valence-corrected chi connectivity index (χ0v) is 22.8. The van der Waals surface area contributed by atoms with Crippen LogP contribution in [-0.2, 0) is 27.1 Å². The molecule has 0 aliphatic heterocycles. The number of halogens is 1. The number of pyridine rings is 1. The Balaban J connectivity index is 1.80. The van der Waals surface area contributed by atoms with Gasteiger partial charge in [-0.15, -0.1) is 0 Å². The summed E-state index contributed by atoms with van der Waals surface area (Å²) in [7, 11) is 0. The van der Waals surface area contributed by atoms with Gasteiger partial charge in [-0.2, -0.15) is 0 Å². The molecule has 13 heteroatoms. The van der Waals surface area contributed by atoms with E-state index in [4.69, 9.17) is 20.8 Å². The first-order valence-electron chi connectivity index (χ1n) is 11.2. The molecular weight excluding hydrogens is 554 g/mol. The number of anilines is 3. The lowest BCUT2D eigenvalue weighted by Crippen LogP contribution is -2.27. The lowest BCUT2D eigenvalue weighted by molar-refractivity contribution is 0.0636. The molecule has 0 saturated carbocycles. The number of ether oxygens (including phenoxy) is 1. The van der Waals surface area contributed by atoms with Gasteiger partial charge in [0.2, 0.25) is 5.88 Å². The van der Waals surface area contributed by atoms with Crippen LogP contribution in [0, 0.1) is 0 Å². The van der Waals surface area contributed by atoms with Gasteiger partial charge in [0.25, 0.3) is 11.3 Å². The SMILES string of the molecule is CC(C)(C)OC(=O)Nc1cccc(C(c2ncc(Cl)cc2N(c2cc3ccccc3o2)S(=O)O)S(=O)O)c1. The summed E-state index contributed by atoms with van der Waals surface area (Å²) in [6.45, 7) is 5.17. The zero-order chi connectivity index (χ0) is 27.6. The average molecular weight is 578 g/mol. The van der Waals surface area contributed by atoms with E-state index in [1.54, 1.807) is 69.3 Å². The summed E-state index contributed by atoms with van der Waals surface area (Å²) in [5.41, 5.74) is 0.311. The van der Waals surface area contributed by atoms with Crippen LogP contribution < -0.4 is 9.62 Å². The van der Waals surface area contributed by atoms with Gasteiger partial charge in [0.15, 0.2) is 11.1 Å². The predicted molar refractivity (Wildman–Crippen MR) is 147 cm³/mol. The summed E-state index contributed by atoms with van der Waals surface area (Å²) in [5.74, 6) is 0.000153. The largest absolute Gasteiger partial charge is 0.444 e. The molecular formula is C25H24ClN3O7S2. The van der Waals surface area contributed by atoms with Crippen molar-refractivity contribution in [3.63, 3.8) is 0 Å². The maximum absolute atomic E-state index is 12.7. The number of carbonyl (C=O) groups excluding carboxylic acids is 1. The first-order chi connectivity index (χ1) is 17.9. The van der Waals surface area contributed by atoms with Crippen molar-refractivity contribution in [2.75, 3.05) is 9.62 Å². The molecule has 3 atom stereocenters. The zero-order valence-electron chi connectivity index (χ0n) is 20.5. The van der Waals surface area contributed by atoms with Gasteiger partial charge in [0.1, 0.15) is 16.4 Å². The van der Waals surface area contributed by atoms with Crippen LogP contribution in [-0.4, -0.2) is 34.2 Å². The van der Waals surface area contributed by atoms with Crippen LogP contribution in [0.4, 0.5) is 22.1 Å². The Hall–Kier alpha value is -3.29. The lowest BCUT2D eigenvalue weighted by Gasteiger charge is -2.23. The van der Waals surface area contributed by atoms with Crippen LogP contribution in [0.25, 0.3) is 11.0 Å². The molecule has 1 amide bonds. The van der Waals surface area contributed by atoms with Gasteiger partial charge in [-0.1, -0.05) is 41.9 Å². The Morgan fingerprint density at radius 1 is 1.11 bits per heavy atom. The average Bonchev–Trinajstić information content (AvgIpc) is 3.22. The van der Waals surface area contributed by atoms with E-state index in [1.807, 2.05) is 0 Å². The lowest BCUT2D eigenvalue weighted by atomic mass is 10.1. The number of aromatic nitrogens is 1. The van der Waals surface area contributed by atoms with Gasteiger partial charge in [-0.05, 0) is 50.6 Å². The van der Waals surface area contributed by atoms with E-state index in [-0.39, 0.29) is 22.3 Å². The van der Waals surface area contributed by atoms with Crippen molar-refractivity contribution in [3.05, 3.63) is 83.1 Å². The number of benzene rings is 2. The van der Waals surface area contributed by atoms with E-state index in [9.17, 15) is 22.3 Å². The van der Waals surface area contributed by atoms with Gasteiger partial charge < -0.3 is 13.7 Å². The molecule has 0 saturated heterocycles. The fourth-order valence-electron chi connectivity index (χ4n) is 3.72. The number of carbonyl (C=O) groups is 1. The van der Waals surface area contributed by atoms with E-state index < -0.39 is 39.3 Å². The predicted octanol–water partition coefficient (Wildman–Crippen LogP) is 6.41. The van der Waals surface area contributed by atoms with Crippen molar-refractivity contribution in [1.82, 2.24) is 4.98 Å². The van der Waals surface area contributed by atoms with Crippen molar-refractivity contribution in [3.8, 4) is 0 Å². The first kappa shape index (κ1) is 27.7. The second-order valence-corrected chi connectivity index (χ2v) is 11.4. The van der Waals surface area contributed by atoms with E-state index in [2.05, 4.69) is 10.3 Å². The third kappa shape index (κ3) is 6.40. The second kappa shape index (κ2) is 11.2. The molecule has 2 heterocycles. The smallest absolute Gasteiger partial charge is 0.412 e. The summed E-state index contributed by atoms with van der Waals surface area (Å²) >= 11 is 0.978. The van der Waals surface area contributed by atoms with Crippen molar-refractivity contribution in [2.45, 2.75) is 31.6 Å². The third-order valence-electron chi connectivity index (χ3n) is 5.14. The number of nitrogens with zero attached hydrogens (tertiary/aromatic N) is 2. The van der Waals surface area contributed by atoms with E-state index in [0.717, 1.165) is 4.31 Å². The maximum Gasteiger partial charge on any atom is 0.412 e. The number of amides is 1. The van der Waals surface area contributed by atoms with Crippen LogP contribution in [0.2, 0.25) is 5.02 Å². The fourth-order valence-corrected chi connectivity index (χ4v) is 5.18. The van der Waals surface area contributed by atoms with Crippen LogP contribution in [0.3, 0.4) is 0 Å². The highest BCUT2D eigenvalue weighted by Crippen LogP contribution is 2.40. The van der Waals surface area contributed by atoms with Crippen LogP contribution in [0.5, 0.6) is 0 Å². The minimum atomic E-state index is -2.67. The highest BCUT2D eigenvalue weighted by atomic mass is 35.5. The molecule has 3 unspecified atom stereocenters. The normalized spacial score (nSPS) is 14.1. The molecule has 0 aliphatic carbocycles. The molecule has 38 heavy (non-hydrogen) atoms. The molecule has 4 rings (SSSR count). The minimum Gasteiger partial charge on any atom is -0.444 e. The number of furan rings is 1. The molecule has 0 spiro atoms. The minimum absolute atomic E-state index is 0.000153. The van der Waals surface area contributed by atoms with Gasteiger partial charge in [-0.3, -0.25) is 14.9 Å². The Morgan fingerprint density at radius 3 is 2.50 bits per heavy atom. The van der Waals surface area contributed by atoms with Gasteiger partial charge in [0.05, 0.1) is 16.4 Å². The topological polar surface area (TPSA) is 142 Å². The monoisotopic (exact) mass is 577 g/mol. The second-order valence-electron chi connectivity index (χ2n) is 9.11. The number of fused-ring (bicyclic) bond motifs is 1. The van der Waals surface area contributed by atoms with Crippen molar-refractivity contribution >= 4 is 68.3 Å². The van der Waals surface area contributed by atoms with Gasteiger partial charge in [0, 0.05) is 23.3 Å². The Labute approximate surface area is 228 Å². The highest BCUT2D eigenvalue weighted by molar-refractivity contribution is 7.81. The molecule has 200 valence electrons. The van der Waals surface area contributed by atoms with E-state index >= 15 is 0 Å². The summed E-state index contributed by atoms with van der Waals surface area (Å²) < 4.78 is 57.8. The van der Waals surface area contributed by atoms with Gasteiger partial charge >= 0.3 is 6.09 Å². The number of rotatable bonds is 7. The van der Waals surface area contributed by atoms with Gasteiger partial charge in [-0.25, -0.2) is 17.5 Å². The molecule has 4 aromatic rings. The Kier molecular flexibility index (Phi) is 8.19. The molecule has 0 fully saturated rings. The quantitative estimate of drug-likeness (QED) is 0.214. The number of nitrogens with one attached hydrogen (secondary N) is 1. The summed E-state index contributed by atoms with van der Waals surface area (Å²) in [4.78, 5) is 16.5.